The number of nitrogens with one attached hydrogen (secondary N) is 1. The van der Waals surface area contributed by atoms with Crippen LogP contribution >= 0.6 is 0 Å². The van der Waals surface area contributed by atoms with Crippen LogP contribution in [0.1, 0.15) is 42.2 Å². The Morgan fingerprint density at radius 2 is 1.92 bits per heavy atom. The lowest BCUT2D eigenvalue weighted by Crippen LogP contribution is -2.29. The van der Waals surface area contributed by atoms with Crippen LogP contribution in [0, 0.1) is 0 Å². The van der Waals surface area contributed by atoms with Gasteiger partial charge in [0, 0.05) is 37.8 Å². The first-order chi connectivity index (χ1) is 12.6. The predicted octanol–water partition coefficient (Wildman–Crippen LogP) is 1.71. The van der Waals surface area contributed by atoms with Crippen molar-refractivity contribution in [1.29, 1.82) is 0 Å². The van der Waals surface area contributed by atoms with Gasteiger partial charge in [-0.05, 0) is 36.6 Å². The molecule has 0 radical (unpaired) electrons. The molecule has 0 saturated carbocycles. The van der Waals surface area contributed by atoms with Crippen molar-refractivity contribution in [3.63, 3.8) is 0 Å². The van der Waals surface area contributed by atoms with Crippen molar-refractivity contribution in [2.45, 2.75) is 39.3 Å². The zero-order valence-corrected chi connectivity index (χ0v) is 14.8. The lowest BCUT2D eigenvalue weighted by molar-refractivity contribution is -0.117. The van der Waals surface area contributed by atoms with Gasteiger partial charge in [0.05, 0.1) is 0 Å². The molecule has 136 valence electrons. The zero-order chi connectivity index (χ0) is 18.5. The first kappa shape index (κ1) is 17.8. The molecule has 0 spiro atoms. The van der Waals surface area contributed by atoms with Crippen LogP contribution in [0.25, 0.3) is 0 Å². The molecule has 2 aromatic rings. The third-order valence-corrected chi connectivity index (χ3v) is 4.31. The molecule has 0 atom stereocenters. The highest BCUT2D eigenvalue weighted by Crippen LogP contribution is 2.21. The molecule has 1 aliphatic rings. The van der Waals surface area contributed by atoms with Gasteiger partial charge in [-0.3, -0.25) is 14.4 Å². The van der Waals surface area contributed by atoms with Crippen molar-refractivity contribution in [3.05, 3.63) is 58.0 Å². The molecular formula is C19H22N4O3. The Balaban J connectivity index is 1.62. The quantitative estimate of drug-likeness (QED) is 0.856. The van der Waals surface area contributed by atoms with Crippen molar-refractivity contribution in [1.82, 2.24) is 15.1 Å². The van der Waals surface area contributed by atoms with Crippen LogP contribution in [0.5, 0.6) is 0 Å². The molecule has 3 rings (SSSR count). The van der Waals surface area contributed by atoms with E-state index >= 15 is 0 Å². The summed E-state index contributed by atoms with van der Waals surface area (Å²) in [7, 11) is 0. The van der Waals surface area contributed by atoms with E-state index in [0.717, 1.165) is 30.6 Å². The summed E-state index contributed by atoms with van der Waals surface area (Å²) in [6.07, 6.45) is 2.26. The van der Waals surface area contributed by atoms with Gasteiger partial charge in [0.1, 0.15) is 5.69 Å². The molecule has 1 aromatic heterocycles. The number of nitrogens with zero attached hydrogens (tertiary/aromatic N) is 3. The van der Waals surface area contributed by atoms with E-state index in [1.165, 1.54) is 16.8 Å². The van der Waals surface area contributed by atoms with Crippen molar-refractivity contribution in [3.8, 4) is 0 Å². The van der Waals surface area contributed by atoms with E-state index in [9.17, 15) is 14.4 Å². The third-order valence-electron chi connectivity index (χ3n) is 4.31. The van der Waals surface area contributed by atoms with Gasteiger partial charge in [-0.2, -0.15) is 5.10 Å². The second kappa shape index (κ2) is 7.95. The fraction of sp³-hybridized carbons (Fsp3) is 0.368. The van der Waals surface area contributed by atoms with Gasteiger partial charge in [0.2, 0.25) is 5.91 Å². The largest absolute Gasteiger partial charge is 0.347 e. The van der Waals surface area contributed by atoms with Crippen LogP contribution in [-0.4, -0.2) is 28.1 Å². The SMILES string of the molecule is CCCn1nc(C(=O)NCc2ccc(N3CCCC3=O)cc2)ccc1=O. The molecule has 0 aliphatic carbocycles. The molecule has 1 N–H and O–H groups in total. The molecule has 1 fully saturated rings. The summed E-state index contributed by atoms with van der Waals surface area (Å²) in [5.74, 6) is -0.173. The standard InChI is InChI=1S/C19H22N4O3/c1-2-11-23-18(25)10-9-16(21-23)19(26)20-13-14-5-7-15(8-6-14)22-12-3-4-17(22)24/h5-10H,2-4,11-13H2,1H3,(H,20,26). The first-order valence-electron chi connectivity index (χ1n) is 8.84. The Hall–Kier alpha value is -2.96. The Labute approximate surface area is 151 Å². The monoisotopic (exact) mass is 354 g/mol. The number of benzene rings is 1. The predicted molar refractivity (Wildman–Crippen MR) is 98.0 cm³/mol. The number of rotatable bonds is 6. The minimum atomic E-state index is -0.325. The van der Waals surface area contributed by atoms with E-state index in [0.29, 0.717) is 19.5 Å². The number of carbonyl (C=O) groups is 2. The third kappa shape index (κ3) is 3.99. The number of hydrogen-bond donors (Lipinski definition) is 1. The highest BCUT2D eigenvalue weighted by molar-refractivity contribution is 5.95. The van der Waals surface area contributed by atoms with Crippen LogP contribution in [-0.2, 0) is 17.9 Å². The fourth-order valence-corrected chi connectivity index (χ4v) is 2.93. The maximum Gasteiger partial charge on any atom is 0.271 e. The summed E-state index contributed by atoms with van der Waals surface area (Å²) < 4.78 is 1.30. The van der Waals surface area contributed by atoms with Gasteiger partial charge in [0.15, 0.2) is 0 Å². The number of amides is 2. The number of carbonyl (C=O) groups excluding carboxylic acids is 2. The van der Waals surface area contributed by atoms with Crippen LogP contribution in [0.4, 0.5) is 5.69 Å². The van der Waals surface area contributed by atoms with Crippen molar-refractivity contribution in [2.24, 2.45) is 0 Å². The summed E-state index contributed by atoms with van der Waals surface area (Å²) in [6.45, 7) is 3.53. The average Bonchev–Trinajstić information content (AvgIpc) is 3.08. The second-order valence-electron chi connectivity index (χ2n) is 6.28. The molecule has 7 nitrogen and oxygen atoms in total. The molecule has 2 amide bonds. The Kier molecular flexibility index (Phi) is 5.46. The summed E-state index contributed by atoms with van der Waals surface area (Å²) in [4.78, 5) is 37.5. The van der Waals surface area contributed by atoms with Gasteiger partial charge >= 0.3 is 0 Å². The van der Waals surface area contributed by atoms with Gasteiger partial charge in [0.25, 0.3) is 11.5 Å². The summed E-state index contributed by atoms with van der Waals surface area (Å²) in [6, 6.07) is 10.4. The maximum atomic E-state index is 12.3. The fourth-order valence-electron chi connectivity index (χ4n) is 2.93. The van der Waals surface area contributed by atoms with Crippen LogP contribution in [0.2, 0.25) is 0 Å². The molecule has 1 aromatic carbocycles. The van der Waals surface area contributed by atoms with E-state index in [4.69, 9.17) is 0 Å². The topological polar surface area (TPSA) is 84.3 Å². The van der Waals surface area contributed by atoms with Crippen LogP contribution in [0.3, 0.4) is 0 Å². The molecule has 1 saturated heterocycles. The maximum absolute atomic E-state index is 12.3. The highest BCUT2D eigenvalue weighted by atomic mass is 16.2. The van der Waals surface area contributed by atoms with Crippen molar-refractivity contribution in [2.75, 3.05) is 11.4 Å². The lowest BCUT2D eigenvalue weighted by Gasteiger charge is -2.16. The van der Waals surface area contributed by atoms with Gasteiger partial charge in [-0.15, -0.1) is 0 Å². The molecule has 1 aliphatic heterocycles. The summed E-state index contributed by atoms with van der Waals surface area (Å²) in [5.41, 5.74) is 1.82. The molecule has 0 bridgehead atoms. The molecule has 7 heteroatoms. The van der Waals surface area contributed by atoms with E-state index < -0.39 is 0 Å². The summed E-state index contributed by atoms with van der Waals surface area (Å²) >= 11 is 0. The minimum absolute atomic E-state index is 0.152. The summed E-state index contributed by atoms with van der Waals surface area (Å²) in [5, 5.41) is 6.90. The first-order valence-corrected chi connectivity index (χ1v) is 8.84. The van der Waals surface area contributed by atoms with Crippen molar-refractivity contribution < 1.29 is 9.59 Å². The number of aryl methyl sites for hydroxylation is 1. The molecular weight excluding hydrogens is 332 g/mol. The zero-order valence-electron chi connectivity index (χ0n) is 14.8. The number of anilines is 1. The van der Waals surface area contributed by atoms with Crippen LogP contribution in [0.15, 0.2) is 41.2 Å². The normalized spacial score (nSPS) is 13.9. The van der Waals surface area contributed by atoms with Crippen molar-refractivity contribution >= 4 is 17.5 Å². The Bertz CT molecular complexity index is 858. The molecule has 0 unspecified atom stereocenters. The smallest absolute Gasteiger partial charge is 0.271 e. The number of aromatic nitrogens is 2. The van der Waals surface area contributed by atoms with Crippen LogP contribution < -0.4 is 15.8 Å². The minimum Gasteiger partial charge on any atom is -0.347 e. The average molecular weight is 354 g/mol. The Morgan fingerprint density at radius 3 is 2.58 bits per heavy atom. The number of hydrogen-bond acceptors (Lipinski definition) is 4. The van der Waals surface area contributed by atoms with Gasteiger partial charge < -0.3 is 10.2 Å². The Morgan fingerprint density at radius 1 is 1.15 bits per heavy atom. The molecule has 26 heavy (non-hydrogen) atoms. The highest BCUT2D eigenvalue weighted by Gasteiger charge is 2.21. The second-order valence-corrected chi connectivity index (χ2v) is 6.28. The lowest BCUT2D eigenvalue weighted by atomic mass is 10.2. The van der Waals surface area contributed by atoms with Gasteiger partial charge in [-0.25, -0.2) is 4.68 Å². The van der Waals surface area contributed by atoms with E-state index in [1.807, 2.05) is 31.2 Å². The van der Waals surface area contributed by atoms with E-state index in [1.54, 1.807) is 4.90 Å². The molecule has 2 heterocycles. The van der Waals surface area contributed by atoms with E-state index in [2.05, 4.69) is 10.4 Å². The van der Waals surface area contributed by atoms with Gasteiger partial charge in [-0.1, -0.05) is 19.1 Å². The van der Waals surface area contributed by atoms with E-state index in [-0.39, 0.29) is 23.1 Å².